The zero-order chi connectivity index (χ0) is 22.6. The second-order valence-electron chi connectivity index (χ2n) is 7.57. The highest BCUT2D eigenvalue weighted by Crippen LogP contribution is 2.41. The first kappa shape index (κ1) is 21.9. The fourth-order valence-electron chi connectivity index (χ4n) is 4.29. The molecule has 4 heterocycles. The molecular weight excluding hydrogens is 499 g/mol. The molecule has 0 unspecified atom stereocenters. The van der Waals surface area contributed by atoms with Crippen molar-refractivity contribution in [2.45, 2.75) is 23.8 Å². The first-order chi connectivity index (χ1) is 15.3. The first-order valence-corrected chi connectivity index (χ1v) is 12.9. The average molecular weight is 516 g/mol. The summed E-state index contributed by atoms with van der Waals surface area (Å²) in [5, 5.41) is 1.54. The fraction of sp³-hybridized carbons (Fsp3) is 0.238. The quantitative estimate of drug-likeness (QED) is 0.524. The van der Waals surface area contributed by atoms with E-state index >= 15 is 0 Å². The standard InChI is InChI=1S/C21H17Cl2F2N3O2S2/c22-20-12-19(21(23)31-20)32(29,30)28-9-6-15-11-14(5-8-27(15)28)26-7-1-2-18(26)16-10-13(24)3-4-17(16)25/h3-6,8,10-12,18H,1-2,7,9H2/t18-/m1/s1. The molecule has 3 aliphatic heterocycles. The van der Waals surface area contributed by atoms with Crippen molar-refractivity contribution in [1.29, 1.82) is 0 Å². The van der Waals surface area contributed by atoms with Crippen LogP contribution < -0.4 is 0 Å². The van der Waals surface area contributed by atoms with Gasteiger partial charge in [-0.3, -0.25) is 5.01 Å². The van der Waals surface area contributed by atoms with E-state index < -0.39 is 21.7 Å². The van der Waals surface area contributed by atoms with Crippen LogP contribution in [0.4, 0.5) is 8.78 Å². The summed E-state index contributed by atoms with van der Waals surface area (Å²) in [7, 11) is -3.90. The molecule has 11 heteroatoms. The summed E-state index contributed by atoms with van der Waals surface area (Å²) >= 11 is 13.0. The molecule has 5 rings (SSSR count). The number of halogens is 4. The molecule has 0 spiro atoms. The highest BCUT2D eigenvalue weighted by atomic mass is 35.5. The van der Waals surface area contributed by atoms with E-state index in [4.69, 9.17) is 23.2 Å². The number of hydrogen-bond acceptors (Lipinski definition) is 5. The van der Waals surface area contributed by atoms with E-state index in [1.165, 1.54) is 21.6 Å². The molecule has 1 fully saturated rings. The Kier molecular flexibility index (Phi) is 5.58. The number of thiophene rings is 1. The summed E-state index contributed by atoms with van der Waals surface area (Å²) in [4.78, 5) is 1.99. The van der Waals surface area contributed by atoms with Gasteiger partial charge in [-0.25, -0.2) is 17.2 Å². The lowest BCUT2D eigenvalue weighted by molar-refractivity contribution is 0.205. The monoisotopic (exact) mass is 515 g/mol. The van der Waals surface area contributed by atoms with E-state index in [0.29, 0.717) is 28.6 Å². The van der Waals surface area contributed by atoms with Gasteiger partial charge >= 0.3 is 0 Å². The Hall–Kier alpha value is -1.91. The molecule has 1 aromatic carbocycles. The molecule has 0 N–H and O–H groups in total. The molecule has 0 bridgehead atoms. The molecule has 1 atom stereocenters. The SMILES string of the molecule is O=S(=O)(c1cc(Cl)sc1Cl)N1CC=C2C=C(N3CCC[C@@H]3c3cc(F)ccc3F)C=CN21. The lowest BCUT2D eigenvalue weighted by atomic mass is 10.0. The maximum Gasteiger partial charge on any atom is 0.263 e. The highest BCUT2D eigenvalue weighted by Gasteiger charge is 2.38. The molecular formula is C21H17Cl2F2N3O2S2. The molecule has 3 aliphatic rings. The van der Waals surface area contributed by atoms with E-state index in [9.17, 15) is 17.2 Å². The van der Waals surface area contributed by atoms with Gasteiger partial charge in [0.25, 0.3) is 10.0 Å². The van der Waals surface area contributed by atoms with Gasteiger partial charge in [0.15, 0.2) is 0 Å². The Balaban J connectivity index is 1.41. The molecule has 0 amide bonds. The predicted octanol–water partition coefficient (Wildman–Crippen LogP) is 5.69. The van der Waals surface area contributed by atoms with Crippen LogP contribution >= 0.6 is 34.5 Å². The second kappa shape index (κ2) is 8.14. The maximum absolute atomic E-state index is 14.4. The average Bonchev–Trinajstić information content (AvgIpc) is 3.47. The van der Waals surface area contributed by atoms with Gasteiger partial charge in [-0.1, -0.05) is 23.2 Å². The largest absolute Gasteiger partial charge is 0.364 e. The second-order valence-corrected chi connectivity index (χ2v) is 11.7. The van der Waals surface area contributed by atoms with Gasteiger partial charge in [0.2, 0.25) is 0 Å². The number of fused-ring (bicyclic) bond motifs is 1. The van der Waals surface area contributed by atoms with Crippen molar-refractivity contribution in [2.75, 3.05) is 13.1 Å². The van der Waals surface area contributed by atoms with Crippen LogP contribution in [0.1, 0.15) is 24.4 Å². The van der Waals surface area contributed by atoms with Crippen molar-refractivity contribution in [2.24, 2.45) is 0 Å². The number of benzene rings is 1. The Morgan fingerprint density at radius 1 is 1.12 bits per heavy atom. The van der Waals surface area contributed by atoms with E-state index in [2.05, 4.69) is 0 Å². The summed E-state index contributed by atoms with van der Waals surface area (Å²) in [5.41, 5.74) is 1.82. The number of rotatable bonds is 4. The molecule has 1 aromatic heterocycles. The van der Waals surface area contributed by atoms with Crippen molar-refractivity contribution in [3.8, 4) is 0 Å². The third-order valence-electron chi connectivity index (χ3n) is 5.73. The highest BCUT2D eigenvalue weighted by molar-refractivity contribution is 7.89. The lowest BCUT2D eigenvalue weighted by Crippen LogP contribution is -2.39. The molecule has 168 valence electrons. The molecule has 0 saturated carbocycles. The van der Waals surface area contributed by atoms with Gasteiger partial charge in [0, 0.05) is 24.0 Å². The first-order valence-electron chi connectivity index (χ1n) is 9.84. The van der Waals surface area contributed by atoms with Crippen LogP contribution in [-0.4, -0.2) is 35.8 Å². The van der Waals surface area contributed by atoms with Gasteiger partial charge in [-0.05, 0) is 55.3 Å². The third-order valence-corrected chi connectivity index (χ3v) is 9.21. The van der Waals surface area contributed by atoms with Gasteiger partial charge in [0.05, 0.1) is 22.6 Å². The smallest absolute Gasteiger partial charge is 0.263 e. The summed E-state index contributed by atoms with van der Waals surface area (Å²) in [5.74, 6) is -0.909. The van der Waals surface area contributed by atoms with Crippen molar-refractivity contribution in [1.82, 2.24) is 14.3 Å². The van der Waals surface area contributed by atoms with Crippen LogP contribution in [0.25, 0.3) is 0 Å². The molecule has 1 saturated heterocycles. The summed E-state index contributed by atoms with van der Waals surface area (Å²) in [6.07, 6.45) is 8.62. The molecule has 0 aliphatic carbocycles. The Morgan fingerprint density at radius 3 is 2.69 bits per heavy atom. The van der Waals surface area contributed by atoms with Crippen LogP contribution in [0.3, 0.4) is 0 Å². The number of allylic oxidation sites excluding steroid dienone is 2. The Bertz CT molecular complexity index is 1290. The number of hydrazine groups is 1. The Labute approximate surface area is 198 Å². The fourth-order valence-corrected chi connectivity index (χ4v) is 7.78. The van der Waals surface area contributed by atoms with Gasteiger partial charge < -0.3 is 4.90 Å². The minimum atomic E-state index is -3.90. The third kappa shape index (κ3) is 3.66. The molecule has 5 nitrogen and oxygen atoms in total. The van der Waals surface area contributed by atoms with Crippen LogP contribution in [0.2, 0.25) is 8.67 Å². The number of sulfonamides is 1. The predicted molar refractivity (Wildman–Crippen MR) is 120 cm³/mol. The summed E-state index contributed by atoms with van der Waals surface area (Å²) < 4.78 is 56.1. The van der Waals surface area contributed by atoms with Crippen molar-refractivity contribution >= 4 is 44.6 Å². The number of nitrogens with zero attached hydrogens (tertiary/aromatic N) is 3. The number of likely N-dealkylation sites (tertiary alicyclic amines) is 1. The zero-order valence-electron chi connectivity index (χ0n) is 16.5. The van der Waals surface area contributed by atoms with Crippen molar-refractivity contribution in [3.63, 3.8) is 0 Å². The van der Waals surface area contributed by atoms with E-state index in [1.807, 2.05) is 11.0 Å². The minimum Gasteiger partial charge on any atom is -0.364 e. The van der Waals surface area contributed by atoms with E-state index in [-0.39, 0.29) is 21.8 Å². The van der Waals surface area contributed by atoms with Crippen LogP contribution in [0.5, 0.6) is 0 Å². The normalized spacial score (nSPS) is 21.2. The summed E-state index contributed by atoms with van der Waals surface area (Å²) in [6, 6.07) is 4.57. The van der Waals surface area contributed by atoms with E-state index in [0.717, 1.165) is 35.6 Å². The topological polar surface area (TPSA) is 43.9 Å². The van der Waals surface area contributed by atoms with E-state index in [1.54, 1.807) is 18.4 Å². The zero-order valence-corrected chi connectivity index (χ0v) is 19.7. The van der Waals surface area contributed by atoms with Crippen molar-refractivity contribution < 1.29 is 17.2 Å². The molecule has 32 heavy (non-hydrogen) atoms. The van der Waals surface area contributed by atoms with Crippen LogP contribution in [0.15, 0.2) is 65.0 Å². The van der Waals surface area contributed by atoms with Gasteiger partial charge in [-0.2, -0.15) is 0 Å². The number of hydrogen-bond donors (Lipinski definition) is 0. The summed E-state index contributed by atoms with van der Waals surface area (Å²) in [6.45, 7) is 0.826. The molecule has 2 aromatic rings. The maximum atomic E-state index is 14.4. The molecule has 0 radical (unpaired) electrons. The van der Waals surface area contributed by atoms with Crippen LogP contribution in [-0.2, 0) is 10.0 Å². The van der Waals surface area contributed by atoms with Crippen molar-refractivity contribution in [3.05, 3.63) is 86.0 Å². The van der Waals surface area contributed by atoms with Gasteiger partial charge in [0.1, 0.15) is 20.9 Å². The minimum absolute atomic E-state index is 0.0341. The Morgan fingerprint density at radius 2 is 1.94 bits per heavy atom. The lowest BCUT2D eigenvalue weighted by Gasteiger charge is -2.34. The van der Waals surface area contributed by atoms with Gasteiger partial charge in [-0.15, -0.1) is 15.8 Å². The van der Waals surface area contributed by atoms with Crippen LogP contribution in [0, 0.1) is 11.6 Å².